The van der Waals surface area contributed by atoms with Crippen molar-refractivity contribution < 1.29 is 31.1 Å². The van der Waals surface area contributed by atoms with E-state index in [-0.39, 0.29) is 36.5 Å². The van der Waals surface area contributed by atoms with Crippen LogP contribution in [0.5, 0.6) is 0 Å². The van der Waals surface area contributed by atoms with Crippen LogP contribution in [0.4, 0.5) is 26.3 Å². The minimum atomic E-state index is -4.98. The summed E-state index contributed by atoms with van der Waals surface area (Å²) in [5.41, 5.74) is 1.84. The maximum Gasteiger partial charge on any atom is 0.416 e. The first-order valence-corrected chi connectivity index (χ1v) is 8.32. The van der Waals surface area contributed by atoms with E-state index in [0.717, 1.165) is 0 Å². The lowest BCUT2D eigenvalue weighted by atomic mass is 10.0. The molecular formula is C18H18F6N4O. The molecule has 0 atom stereocenters. The summed E-state index contributed by atoms with van der Waals surface area (Å²) >= 11 is 0. The van der Waals surface area contributed by atoms with Crippen molar-refractivity contribution in [2.24, 2.45) is 5.73 Å². The standard InChI is InChI=1S/C18H18F6N4O/c1-16(2,25)8-14(29)27-9-13-3-4-26-15(28-13)10-5-11(17(19,20)21)7-12(6-10)18(22,23)24/h3-7H,8-9,25H2,1-2H3,(H,27,29). The third kappa shape index (κ3) is 6.70. The SMILES string of the molecule is CC(C)(N)CC(=O)NCc1ccnc(-c2cc(C(F)(F)F)cc(C(F)(F)F)c2)n1. The lowest BCUT2D eigenvalue weighted by Crippen LogP contribution is -2.38. The van der Waals surface area contributed by atoms with Gasteiger partial charge in [0.2, 0.25) is 5.91 Å². The number of amides is 1. The van der Waals surface area contributed by atoms with E-state index in [9.17, 15) is 31.1 Å². The second kappa shape index (κ2) is 7.97. The van der Waals surface area contributed by atoms with Crippen molar-refractivity contribution in [3.05, 3.63) is 47.3 Å². The number of carbonyl (C=O) groups is 1. The molecule has 2 rings (SSSR count). The van der Waals surface area contributed by atoms with Gasteiger partial charge in [0, 0.05) is 23.7 Å². The summed E-state index contributed by atoms with van der Waals surface area (Å²) in [5.74, 6) is -0.705. The molecular weight excluding hydrogens is 402 g/mol. The Morgan fingerprint density at radius 1 is 1.03 bits per heavy atom. The van der Waals surface area contributed by atoms with E-state index in [1.807, 2.05) is 0 Å². The normalized spacial score (nSPS) is 12.7. The van der Waals surface area contributed by atoms with Crippen LogP contribution in [0, 0.1) is 0 Å². The molecule has 0 saturated carbocycles. The zero-order valence-corrected chi connectivity index (χ0v) is 15.4. The van der Waals surface area contributed by atoms with Gasteiger partial charge in [-0.05, 0) is 38.1 Å². The zero-order chi connectivity index (χ0) is 22.0. The lowest BCUT2D eigenvalue weighted by Gasteiger charge is -2.17. The minimum Gasteiger partial charge on any atom is -0.350 e. The molecule has 0 saturated heterocycles. The van der Waals surface area contributed by atoms with Crippen molar-refractivity contribution >= 4 is 5.91 Å². The van der Waals surface area contributed by atoms with Crippen LogP contribution in [0.3, 0.4) is 0 Å². The molecule has 158 valence electrons. The average molecular weight is 420 g/mol. The van der Waals surface area contributed by atoms with Crippen LogP contribution in [0.2, 0.25) is 0 Å². The molecule has 0 aliphatic heterocycles. The van der Waals surface area contributed by atoms with Crippen LogP contribution in [0.15, 0.2) is 30.5 Å². The number of hydrogen-bond acceptors (Lipinski definition) is 4. The van der Waals surface area contributed by atoms with E-state index in [1.165, 1.54) is 12.3 Å². The maximum absolute atomic E-state index is 13.0. The molecule has 3 N–H and O–H groups in total. The Bertz CT molecular complexity index is 855. The number of benzene rings is 1. The van der Waals surface area contributed by atoms with E-state index < -0.39 is 34.6 Å². The van der Waals surface area contributed by atoms with Gasteiger partial charge in [0.25, 0.3) is 0 Å². The average Bonchev–Trinajstić information content (AvgIpc) is 2.57. The molecule has 0 aliphatic rings. The van der Waals surface area contributed by atoms with Gasteiger partial charge in [-0.25, -0.2) is 9.97 Å². The fourth-order valence-electron chi connectivity index (χ4n) is 2.38. The van der Waals surface area contributed by atoms with Gasteiger partial charge in [-0.2, -0.15) is 26.3 Å². The quantitative estimate of drug-likeness (QED) is 0.719. The van der Waals surface area contributed by atoms with Crippen molar-refractivity contribution in [2.45, 2.75) is 44.7 Å². The minimum absolute atomic E-state index is 0.0213. The Labute approximate surface area is 162 Å². The molecule has 0 aliphatic carbocycles. The summed E-state index contributed by atoms with van der Waals surface area (Å²) in [6.45, 7) is 3.22. The summed E-state index contributed by atoms with van der Waals surface area (Å²) in [6, 6.07) is 2.51. The van der Waals surface area contributed by atoms with Crippen LogP contribution in [-0.4, -0.2) is 21.4 Å². The van der Waals surface area contributed by atoms with Crippen LogP contribution >= 0.6 is 0 Å². The maximum atomic E-state index is 13.0. The van der Waals surface area contributed by atoms with Gasteiger partial charge in [0.05, 0.1) is 23.4 Å². The predicted octanol–water partition coefficient (Wildman–Crippen LogP) is 3.92. The van der Waals surface area contributed by atoms with E-state index >= 15 is 0 Å². The number of nitrogens with two attached hydrogens (primary N) is 1. The highest BCUT2D eigenvalue weighted by Crippen LogP contribution is 2.38. The fourth-order valence-corrected chi connectivity index (χ4v) is 2.38. The number of halogens is 6. The molecule has 0 radical (unpaired) electrons. The van der Waals surface area contributed by atoms with Gasteiger partial charge >= 0.3 is 12.4 Å². The highest BCUT2D eigenvalue weighted by molar-refractivity contribution is 5.77. The molecule has 11 heteroatoms. The number of carbonyl (C=O) groups excluding carboxylic acids is 1. The van der Waals surface area contributed by atoms with E-state index in [4.69, 9.17) is 5.73 Å². The van der Waals surface area contributed by atoms with Crippen LogP contribution in [0.1, 0.15) is 37.1 Å². The van der Waals surface area contributed by atoms with Crippen molar-refractivity contribution in [3.63, 3.8) is 0 Å². The second-order valence-corrected chi connectivity index (χ2v) is 7.11. The van der Waals surface area contributed by atoms with Crippen molar-refractivity contribution in [3.8, 4) is 11.4 Å². The molecule has 29 heavy (non-hydrogen) atoms. The Hall–Kier alpha value is -2.69. The Kier molecular flexibility index (Phi) is 6.21. The summed E-state index contributed by atoms with van der Waals surface area (Å²) in [4.78, 5) is 19.5. The van der Waals surface area contributed by atoms with Crippen LogP contribution < -0.4 is 11.1 Å². The molecule has 2 aromatic rings. The number of rotatable bonds is 5. The summed E-state index contributed by atoms with van der Waals surface area (Å²) in [6.07, 6.45) is -8.75. The highest BCUT2D eigenvalue weighted by Gasteiger charge is 2.37. The van der Waals surface area contributed by atoms with Crippen molar-refractivity contribution in [2.75, 3.05) is 0 Å². The summed E-state index contributed by atoms with van der Waals surface area (Å²) < 4.78 is 78.1. The predicted molar refractivity (Wildman–Crippen MR) is 92.2 cm³/mol. The van der Waals surface area contributed by atoms with Crippen molar-refractivity contribution in [1.82, 2.24) is 15.3 Å². The van der Waals surface area contributed by atoms with Crippen LogP contribution in [-0.2, 0) is 23.7 Å². The fraction of sp³-hybridized carbons (Fsp3) is 0.389. The van der Waals surface area contributed by atoms with E-state index in [2.05, 4.69) is 15.3 Å². The molecule has 0 unspecified atom stereocenters. The molecule has 1 heterocycles. The summed E-state index contributed by atoms with van der Waals surface area (Å²) in [5, 5.41) is 2.54. The number of aromatic nitrogens is 2. The number of nitrogens with one attached hydrogen (secondary N) is 1. The van der Waals surface area contributed by atoms with Gasteiger partial charge in [0.15, 0.2) is 5.82 Å². The topological polar surface area (TPSA) is 80.9 Å². The van der Waals surface area contributed by atoms with Gasteiger partial charge in [-0.15, -0.1) is 0 Å². The Balaban J connectivity index is 2.33. The molecule has 5 nitrogen and oxygen atoms in total. The number of hydrogen-bond donors (Lipinski definition) is 2. The Morgan fingerprint density at radius 2 is 1.59 bits per heavy atom. The van der Waals surface area contributed by atoms with E-state index in [1.54, 1.807) is 13.8 Å². The first-order chi connectivity index (χ1) is 13.1. The first-order valence-electron chi connectivity index (χ1n) is 8.32. The smallest absolute Gasteiger partial charge is 0.350 e. The first kappa shape index (κ1) is 22.6. The molecule has 1 aromatic carbocycles. The second-order valence-electron chi connectivity index (χ2n) is 7.11. The lowest BCUT2D eigenvalue weighted by molar-refractivity contribution is -0.143. The summed E-state index contributed by atoms with van der Waals surface area (Å²) in [7, 11) is 0. The molecule has 1 aromatic heterocycles. The van der Waals surface area contributed by atoms with Gasteiger partial charge in [-0.3, -0.25) is 4.79 Å². The molecule has 1 amide bonds. The monoisotopic (exact) mass is 420 g/mol. The van der Waals surface area contributed by atoms with Gasteiger partial charge in [0.1, 0.15) is 0 Å². The number of nitrogens with zero attached hydrogens (tertiary/aromatic N) is 2. The highest BCUT2D eigenvalue weighted by atomic mass is 19.4. The van der Waals surface area contributed by atoms with E-state index in [0.29, 0.717) is 12.1 Å². The molecule has 0 bridgehead atoms. The molecule has 0 spiro atoms. The van der Waals surface area contributed by atoms with Gasteiger partial charge in [-0.1, -0.05) is 0 Å². The molecule has 0 fully saturated rings. The Morgan fingerprint density at radius 3 is 2.07 bits per heavy atom. The van der Waals surface area contributed by atoms with Crippen molar-refractivity contribution in [1.29, 1.82) is 0 Å². The number of alkyl halides is 6. The third-order valence-corrected chi connectivity index (χ3v) is 3.64. The third-order valence-electron chi connectivity index (χ3n) is 3.64. The largest absolute Gasteiger partial charge is 0.416 e. The van der Waals surface area contributed by atoms with Crippen LogP contribution in [0.25, 0.3) is 11.4 Å². The zero-order valence-electron chi connectivity index (χ0n) is 15.4. The van der Waals surface area contributed by atoms with Gasteiger partial charge < -0.3 is 11.1 Å².